The number of hydrogen-bond donors (Lipinski definition) is 0. The van der Waals surface area contributed by atoms with Crippen LogP contribution in [0.2, 0.25) is 0 Å². The van der Waals surface area contributed by atoms with Gasteiger partial charge in [-0.1, -0.05) is 290 Å². The predicted octanol–water partition coefficient (Wildman–Crippen LogP) is 18.8. The zero-order chi connectivity index (χ0) is 45.8. The molecular weight excluding hydrogens is 781 g/mol. The fraction of sp³-hybridized carbons (Fsp3) is 0.947. The number of carbonyl (C=O) groups is 3. The molecule has 0 saturated carbocycles. The third-order valence-electron chi connectivity index (χ3n) is 13.1. The summed E-state index contributed by atoms with van der Waals surface area (Å²) in [6.45, 7) is 6.69. The summed E-state index contributed by atoms with van der Waals surface area (Å²) in [6, 6.07) is 0. The molecule has 374 valence electrons. The van der Waals surface area contributed by atoms with Crippen molar-refractivity contribution in [1.82, 2.24) is 0 Å². The molecule has 0 aliphatic heterocycles. The molecule has 0 spiro atoms. The molecular formula is C57H110O6. The van der Waals surface area contributed by atoms with Crippen LogP contribution in [-0.2, 0) is 28.6 Å². The Morgan fingerprint density at radius 1 is 0.254 bits per heavy atom. The van der Waals surface area contributed by atoms with Gasteiger partial charge in [-0.2, -0.15) is 0 Å². The second kappa shape index (κ2) is 53.0. The van der Waals surface area contributed by atoms with E-state index < -0.39 is 6.10 Å². The average molecular weight is 892 g/mol. The minimum Gasteiger partial charge on any atom is -0.462 e. The number of carbonyl (C=O) groups excluding carboxylic acids is 3. The molecule has 0 amide bonds. The van der Waals surface area contributed by atoms with E-state index in [9.17, 15) is 14.4 Å². The summed E-state index contributed by atoms with van der Waals surface area (Å²) in [5, 5.41) is 0. The third-order valence-corrected chi connectivity index (χ3v) is 13.1. The van der Waals surface area contributed by atoms with Crippen molar-refractivity contribution < 1.29 is 28.6 Å². The second-order valence-electron chi connectivity index (χ2n) is 19.6. The van der Waals surface area contributed by atoms with Gasteiger partial charge in [0.25, 0.3) is 0 Å². The fourth-order valence-corrected chi connectivity index (χ4v) is 8.80. The molecule has 0 fully saturated rings. The summed E-state index contributed by atoms with van der Waals surface area (Å²) in [5.74, 6) is -0.836. The van der Waals surface area contributed by atoms with Crippen LogP contribution in [0.4, 0.5) is 0 Å². The van der Waals surface area contributed by atoms with Crippen molar-refractivity contribution in [3.8, 4) is 0 Å². The lowest BCUT2D eigenvalue weighted by Crippen LogP contribution is -2.30. The van der Waals surface area contributed by atoms with Crippen LogP contribution in [-0.4, -0.2) is 37.2 Å². The smallest absolute Gasteiger partial charge is 0.306 e. The molecule has 0 aliphatic rings. The van der Waals surface area contributed by atoms with Crippen LogP contribution in [0.1, 0.15) is 329 Å². The molecule has 1 atom stereocenters. The molecule has 6 nitrogen and oxygen atoms in total. The lowest BCUT2D eigenvalue weighted by molar-refractivity contribution is -0.167. The van der Waals surface area contributed by atoms with Crippen molar-refractivity contribution in [2.24, 2.45) is 0 Å². The summed E-state index contributed by atoms with van der Waals surface area (Å²) in [7, 11) is 0. The Hall–Kier alpha value is -1.59. The van der Waals surface area contributed by atoms with E-state index in [0.717, 1.165) is 57.8 Å². The lowest BCUT2D eigenvalue weighted by Gasteiger charge is -2.18. The van der Waals surface area contributed by atoms with Crippen molar-refractivity contribution >= 4 is 17.9 Å². The molecule has 0 aromatic rings. The molecule has 0 bridgehead atoms. The first-order valence-electron chi connectivity index (χ1n) is 28.5. The van der Waals surface area contributed by atoms with E-state index in [4.69, 9.17) is 14.2 Å². The first kappa shape index (κ1) is 61.4. The van der Waals surface area contributed by atoms with Crippen molar-refractivity contribution in [1.29, 1.82) is 0 Å². The van der Waals surface area contributed by atoms with Gasteiger partial charge in [0.1, 0.15) is 13.2 Å². The minimum absolute atomic E-state index is 0.0614. The van der Waals surface area contributed by atoms with Gasteiger partial charge in [0.05, 0.1) is 0 Å². The highest BCUT2D eigenvalue weighted by atomic mass is 16.6. The molecule has 6 heteroatoms. The van der Waals surface area contributed by atoms with E-state index in [-0.39, 0.29) is 31.1 Å². The van der Waals surface area contributed by atoms with Crippen molar-refractivity contribution in [2.45, 2.75) is 335 Å². The van der Waals surface area contributed by atoms with Gasteiger partial charge in [0.15, 0.2) is 6.10 Å². The average Bonchev–Trinajstić information content (AvgIpc) is 3.28. The summed E-state index contributed by atoms with van der Waals surface area (Å²) in [4.78, 5) is 38.0. The Labute approximate surface area is 393 Å². The van der Waals surface area contributed by atoms with Gasteiger partial charge in [-0.25, -0.2) is 0 Å². The van der Waals surface area contributed by atoms with E-state index in [1.165, 1.54) is 231 Å². The maximum atomic E-state index is 12.8. The molecule has 0 radical (unpaired) electrons. The number of hydrogen-bond acceptors (Lipinski definition) is 6. The van der Waals surface area contributed by atoms with Crippen LogP contribution in [0, 0.1) is 0 Å². The van der Waals surface area contributed by atoms with Crippen LogP contribution in [0.15, 0.2) is 0 Å². The van der Waals surface area contributed by atoms with E-state index in [1.54, 1.807) is 0 Å². The van der Waals surface area contributed by atoms with Gasteiger partial charge in [-0.3, -0.25) is 14.4 Å². The maximum absolute atomic E-state index is 12.8. The molecule has 0 aromatic carbocycles. The standard InChI is InChI=1S/C57H110O6/c1-4-7-10-13-16-19-22-24-25-26-27-28-29-30-31-33-35-38-41-44-47-50-56(59)62-53-54(52-61-55(58)49-46-43-40-37-34-21-18-15-12-9-6-3)63-57(60)51-48-45-42-39-36-32-23-20-17-14-11-8-5-2/h54H,4-53H2,1-3H3. The second-order valence-corrected chi connectivity index (χ2v) is 19.6. The van der Waals surface area contributed by atoms with Crippen molar-refractivity contribution in [2.75, 3.05) is 13.2 Å². The Kier molecular flexibility index (Phi) is 51.7. The topological polar surface area (TPSA) is 78.9 Å². The van der Waals surface area contributed by atoms with Crippen LogP contribution in [0.3, 0.4) is 0 Å². The lowest BCUT2D eigenvalue weighted by atomic mass is 10.0. The zero-order valence-electron chi connectivity index (χ0n) is 42.9. The van der Waals surface area contributed by atoms with Gasteiger partial charge in [0, 0.05) is 19.3 Å². The molecule has 1 unspecified atom stereocenters. The van der Waals surface area contributed by atoms with E-state index >= 15 is 0 Å². The fourth-order valence-electron chi connectivity index (χ4n) is 8.80. The van der Waals surface area contributed by atoms with Gasteiger partial charge in [0.2, 0.25) is 0 Å². The van der Waals surface area contributed by atoms with Crippen molar-refractivity contribution in [3.05, 3.63) is 0 Å². The summed E-state index contributed by atoms with van der Waals surface area (Å²) in [5.41, 5.74) is 0. The zero-order valence-corrected chi connectivity index (χ0v) is 42.9. The number of esters is 3. The van der Waals surface area contributed by atoms with Gasteiger partial charge >= 0.3 is 17.9 Å². The Morgan fingerprint density at radius 3 is 0.635 bits per heavy atom. The van der Waals surface area contributed by atoms with Crippen LogP contribution < -0.4 is 0 Å². The van der Waals surface area contributed by atoms with E-state index in [0.29, 0.717) is 19.3 Å². The number of unbranched alkanes of at least 4 members (excludes halogenated alkanes) is 42. The summed E-state index contributed by atoms with van der Waals surface area (Å²) < 4.78 is 16.8. The van der Waals surface area contributed by atoms with Crippen LogP contribution in [0.5, 0.6) is 0 Å². The Balaban J connectivity index is 4.20. The van der Waals surface area contributed by atoms with Crippen LogP contribution >= 0.6 is 0 Å². The highest BCUT2D eigenvalue weighted by Crippen LogP contribution is 2.18. The molecule has 0 N–H and O–H groups in total. The predicted molar refractivity (Wildman–Crippen MR) is 270 cm³/mol. The third kappa shape index (κ3) is 51.3. The maximum Gasteiger partial charge on any atom is 0.306 e. The van der Waals surface area contributed by atoms with Crippen molar-refractivity contribution in [3.63, 3.8) is 0 Å². The summed E-state index contributed by atoms with van der Waals surface area (Å²) in [6.07, 6.45) is 58.1. The SMILES string of the molecule is CCCCCCCCCCCCCCCCCCCCCCCC(=O)OCC(COC(=O)CCCCCCCCCCCCC)OC(=O)CCCCCCCCCCCCCCC. The van der Waals surface area contributed by atoms with E-state index in [2.05, 4.69) is 20.8 Å². The quantitative estimate of drug-likeness (QED) is 0.0344. The van der Waals surface area contributed by atoms with Gasteiger partial charge in [-0.05, 0) is 19.3 Å². The number of rotatable bonds is 53. The molecule has 0 saturated heterocycles. The molecule has 0 heterocycles. The Morgan fingerprint density at radius 2 is 0.429 bits per heavy atom. The molecule has 0 aromatic heterocycles. The summed E-state index contributed by atoms with van der Waals surface area (Å²) >= 11 is 0. The van der Waals surface area contributed by atoms with Crippen LogP contribution in [0.25, 0.3) is 0 Å². The number of ether oxygens (including phenoxy) is 3. The minimum atomic E-state index is -0.760. The highest BCUT2D eigenvalue weighted by molar-refractivity contribution is 5.71. The highest BCUT2D eigenvalue weighted by Gasteiger charge is 2.19. The molecule has 0 aliphatic carbocycles. The van der Waals surface area contributed by atoms with Gasteiger partial charge in [-0.15, -0.1) is 0 Å². The molecule has 0 rings (SSSR count). The van der Waals surface area contributed by atoms with E-state index in [1.807, 2.05) is 0 Å². The molecule has 63 heavy (non-hydrogen) atoms. The Bertz CT molecular complexity index is 936. The monoisotopic (exact) mass is 891 g/mol. The largest absolute Gasteiger partial charge is 0.462 e. The first-order chi connectivity index (χ1) is 31.0. The van der Waals surface area contributed by atoms with Gasteiger partial charge < -0.3 is 14.2 Å². The normalized spacial score (nSPS) is 11.9. The first-order valence-corrected chi connectivity index (χ1v) is 28.5.